The number of hydrogen-bond donors (Lipinski definition) is 0. The minimum atomic E-state index is -0.0521. The standard InChI is InChI=1S/C10H11ClO/c1-7(8(2)12)9-4-3-5-10(11)6-9/h3-7H,1-2H3/t7-/m1/s1. The first kappa shape index (κ1) is 9.27. The molecule has 1 nitrogen and oxygen atoms in total. The van der Waals surface area contributed by atoms with E-state index in [-0.39, 0.29) is 11.7 Å². The Labute approximate surface area is 77.4 Å². The van der Waals surface area contributed by atoms with Crippen LogP contribution in [0, 0.1) is 0 Å². The lowest BCUT2D eigenvalue weighted by Gasteiger charge is -2.07. The summed E-state index contributed by atoms with van der Waals surface area (Å²) in [6.45, 7) is 3.47. The van der Waals surface area contributed by atoms with Crippen molar-refractivity contribution in [2.24, 2.45) is 0 Å². The average Bonchev–Trinajstić information content (AvgIpc) is 2.03. The van der Waals surface area contributed by atoms with E-state index in [0.29, 0.717) is 5.02 Å². The Hall–Kier alpha value is -0.820. The third kappa shape index (κ3) is 2.08. The first-order valence-electron chi connectivity index (χ1n) is 3.87. The zero-order valence-electron chi connectivity index (χ0n) is 7.17. The summed E-state index contributed by atoms with van der Waals surface area (Å²) >= 11 is 5.78. The van der Waals surface area contributed by atoms with Crippen LogP contribution in [0.2, 0.25) is 5.02 Å². The number of benzene rings is 1. The number of Topliss-reactive ketones (excluding diaryl/α,β-unsaturated/α-hetero) is 1. The molecule has 1 aromatic rings. The molecule has 0 aliphatic rings. The molecular weight excluding hydrogens is 172 g/mol. The van der Waals surface area contributed by atoms with Crippen molar-refractivity contribution in [1.29, 1.82) is 0 Å². The van der Waals surface area contributed by atoms with E-state index in [2.05, 4.69) is 0 Å². The van der Waals surface area contributed by atoms with E-state index in [0.717, 1.165) is 5.56 Å². The van der Waals surface area contributed by atoms with Crippen molar-refractivity contribution in [1.82, 2.24) is 0 Å². The van der Waals surface area contributed by atoms with Crippen LogP contribution in [0.25, 0.3) is 0 Å². The number of carbonyl (C=O) groups excluding carboxylic acids is 1. The maximum Gasteiger partial charge on any atom is 0.136 e. The molecule has 0 aromatic heterocycles. The second-order valence-electron chi connectivity index (χ2n) is 2.89. The summed E-state index contributed by atoms with van der Waals surface area (Å²) in [5.41, 5.74) is 0.981. The monoisotopic (exact) mass is 182 g/mol. The first-order valence-corrected chi connectivity index (χ1v) is 4.25. The third-order valence-electron chi connectivity index (χ3n) is 1.96. The SMILES string of the molecule is CC(=O)[C@@H](C)c1cccc(Cl)c1. The lowest BCUT2D eigenvalue weighted by Crippen LogP contribution is -2.03. The second-order valence-corrected chi connectivity index (χ2v) is 3.32. The number of halogens is 1. The molecule has 2 heteroatoms. The molecule has 0 N–H and O–H groups in total. The highest BCUT2D eigenvalue weighted by molar-refractivity contribution is 6.30. The van der Waals surface area contributed by atoms with Gasteiger partial charge in [0, 0.05) is 10.9 Å². The minimum absolute atomic E-state index is 0.0521. The van der Waals surface area contributed by atoms with Gasteiger partial charge in [-0.1, -0.05) is 30.7 Å². The summed E-state index contributed by atoms with van der Waals surface area (Å²) in [5.74, 6) is 0.112. The van der Waals surface area contributed by atoms with Crippen molar-refractivity contribution in [3.8, 4) is 0 Å². The molecule has 0 unspecified atom stereocenters. The molecule has 1 atom stereocenters. The van der Waals surface area contributed by atoms with E-state index in [1.807, 2.05) is 25.1 Å². The Balaban J connectivity index is 2.95. The molecule has 0 amide bonds. The largest absolute Gasteiger partial charge is 0.299 e. The Morgan fingerprint density at radius 3 is 2.67 bits per heavy atom. The van der Waals surface area contributed by atoms with Gasteiger partial charge in [-0.15, -0.1) is 0 Å². The highest BCUT2D eigenvalue weighted by Gasteiger charge is 2.09. The highest BCUT2D eigenvalue weighted by Crippen LogP contribution is 2.19. The van der Waals surface area contributed by atoms with Crippen LogP contribution >= 0.6 is 11.6 Å². The van der Waals surface area contributed by atoms with Gasteiger partial charge in [0.25, 0.3) is 0 Å². The molecule has 64 valence electrons. The molecule has 0 saturated carbocycles. The van der Waals surface area contributed by atoms with Crippen molar-refractivity contribution in [3.05, 3.63) is 34.9 Å². The predicted molar refractivity (Wildman–Crippen MR) is 50.5 cm³/mol. The molecule has 0 saturated heterocycles. The van der Waals surface area contributed by atoms with Crippen LogP contribution in [-0.4, -0.2) is 5.78 Å². The Morgan fingerprint density at radius 1 is 1.50 bits per heavy atom. The molecule has 0 aliphatic carbocycles. The lowest BCUT2D eigenvalue weighted by molar-refractivity contribution is -0.118. The van der Waals surface area contributed by atoms with Gasteiger partial charge < -0.3 is 0 Å². The van der Waals surface area contributed by atoms with Crippen molar-refractivity contribution >= 4 is 17.4 Å². The number of rotatable bonds is 2. The molecule has 0 bridgehead atoms. The normalized spacial score (nSPS) is 12.6. The maximum absolute atomic E-state index is 11.0. The van der Waals surface area contributed by atoms with Gasteiger partial charge in [0.1, 0.15) is 5.78 Å². The van der Waals surface area contributed by atoms with Crippen molar-refractivity contribution in [3.63, 3.8) is 0 Å². The Morgan fingerprint density at radius 2 is 2.17 bits per heavy atom. The topological polar surface area (TPSA) is 17.1 Å². The number of hydrogen-bond acceptors (Lipinski definition) is 1. The van der Waals surface area contributed by atoms with E-state index in [4.69, 9.17) is 11.6 Å². The highest BCUT2D eigenvalue weighted by atomic mass is 35.5. The summed E-state index contributed by atoms with van der Waals surface area (Å²) in [6, 6.07) is 7.40. The summed E-state index contributed by atoms with van der Waals surface area (Å²) in [4.78, 5) is 11.0. The van der Waals surface area contributed by atoms with Crippen molar-refractivity contribution < 1.29 is 4.79 Å². The zero-order valence-corrected chi connectivity index (χ0v) is 7.93. The smallest absolute Gasteiger partial charge is 0.136 e. The fourth-order valence-corrected chi connectivity index (χ4v) is 1.21. The van der Waals surface area contributed by atoms with Gasteiger partial charge in [0.2, 0.25) is 0 Å². The molecular formula is C10H11ClO. The lowest BCUT2D eigenvalue weighted by atomic mass is 9.98. The summed E-state index contributed by atoms with van der Waals surface area (Å²) in [5, 5.41) is 0.681. The number of ketones is 1. The Bertz CT molecular complexity index is 294. The number of carbonyl (C=O) groups is 1. The molecule has 12 heavy (non-hydrogen) atoms. The first-order chi connectivity index (χ1) is 5.61. The summed E-state index contributed by atoms with van der Waals surface area (Å²) < 4.78 is 0. The van der Waals surface area contributed by atoms with E-state index < -0.39 is 0 Å². The van der Waals surface area contributed by atoms with Crippen molar-refractivity contribution in [2.75, 3.05) is 0 Å². The second kappa shape index (κ2) is 3.72. The molecule has 0 spiro atoms. The van der Waals surface area contributed by atoms with Gasteiger partial charge in [-0.05, 0) is 24.6 Å². The summed E-state index contributed by atoms with van der Waals surface area (Å²) in [7, 11) is 0. The van der Waals surface area contributed by atoms with Crippen molar-refractivity contribution in [2.45, 2.75) is 19.8 Å². The van der Waals surface area contributed by atoms with Gasteiger partial charge in [0.05, 0.1) is 0 Å². The van der Waals surface area contributed by atoms with Crippen LogP contribution < -0.4 is 0 Å². The van der Waals surface area contributed by atoms with E-state index >= 15 is 0 Å². The molecule has 0 heterocycles. The van der Waals surface area contributed by atoms with Gasteiger partial charge in [-0.2, -0.15) is 0 Å². The van der Waals surface area contributed by atoms with Crippen LogP contribution in [-0.2, 0) is 4.79 Å². The van der Waals surface area contributed by atoms with Crippen LogP contribution in [0.1, 0.15) is 25.3 Å². The van der Waals surface area contributed by atoms with E-state index in [9.17, 15) is 4.79 Å². The minimum Gasteiger partial charge on any atom is -0.299 e. The molecule has 1 aromatic carbocycles. The van der Waals surface area contributed by atoms with Crippen LogP contribution in [0.3, 0.4) is 0 Å². The molecule has 0 aliphatic heterocycles. The third-order valence-corrected chi connectivity index (χ3v) is 2.19. The van der Waals surface area contributed by atoms with Gasteiger partial charge in [-0.3, -0.25) is 4.79 Å². The van der Waals surface area contributed by atoms with Crippen LogP contribution in [0.4, 0.5) is 0 Å². The fourth-order valence-electron chi connectivity index (χ4n) is 1.01. The van der Waals surface area contributed by atoms with Gasteiger partial charge in [-0.25, -0.2) is 0 Å². The average molecular weight is 183 g/mol. The predicted octanol–water partition coefficient (Wildman–Crippen LogP) is 3.03. The van der Waals surface area contributed by atoms with Crippen LogP contribution in [0.5, 0.6) is 0 Å². The van der Waals surface area contributed by atoms with Crippen LogP contribution in [0.15, 0.2) is 24.3 Å². The zero-order chi connectivity index (χ0) is 9.14. The molecule has 0 fully saturated rings. The molecule has 1 rings (SSSR count). The quantitative estimate of drug-likeness (QED) is 0.687. The molecule has 0 radical (unpaired) electrons. The summed E-state index contributed by atoms with van der Waals surface area (Å²) in [6.07, 6.45) is 0. The van der Waals surface area contributed by atoms with Gasteiger partial charge in [0.15, 0.2) is 0 Å². The van der Waals surface area contributed by atoms with E-state index in [1.54, 1.807) is 13.0 Å². The van der Waals surface area contributed by atoms with E-state index in [1.165, 1.54) is 0 Å². The van der Waals surface area contributed by atoms with Gasteiger partial charge >= 0.3 is 0 Å². The maximum atomic E-state index is 11.0. The fraction of sp³-hybridized carbons (Fsp3) is 0.300. The Kier molecular flexibility index (Phi) is 2.88.